The summed E-state index contributed by atoms with van der Waals surface area (Å²) in [6.07, 6.45) is 0. The number of halogens is 1. The van der Waals surface area contributed by atoms with Crippen LogP contribution in [0, 0.1) is 5.92 Å². The zero-order valence-electron chi connectivity index (χ0n) is 12.7. The Hall–Kier alpha value is -2.05. The number of carboxylic acid groups (broad SMARTS) is 1. The average Bonchev–Trinajstić information content (AvgIpc) is 3.32. The summed E-state index contributed by atoms with van der Waals surface area (Å²) in [6, 6.07) is 12.6. The molecule has 0 spiro atoms. The normalized spacial score (nSPS) is 22.8. The standard InChI is InChI=1S/C17H15ClO5S/c1-23-12-6-2-10(3-7-12)14-15(17(19)20)16(14)24(21,22)13-8-4-11(18)5-9-13/h2-9,14-16H,1H3,(H,19,20)/t14-,15-,16+/m0/s1. The first-order valence-electron chi connectivity index (χ1n) is 7.22. The van der Waals surface area contributed by atoms with Gasteiger partial charge in [0.25, 0.3) is 0 Å². The summed E-state index contributed by atoms with van der Waals surface area (Å²) in [5.74, 6) is -2.02. The molecular formula is C17H15ClO5S. The Kier molecular flexibility index (Phi) is 4.27. The molecule has 3 rings (SSSR count). The van der Waals surface area contributed by atoms with Gasteiger partial charge in [0.1, 0.15) is 5.75 Å². The Labute approximate surface area is 144 Å². The van der Waals surface area contributed by atoms with Gasteiger partial charge in [0.15, 0.2) is 9.84 Å². The van der Waals surface area contributed by atoms with Gasteiger partial charge >= 0.3 is 5.97 Å². The number of rotatable bonds is 5. The summed E-state index contributed by atoms with van der Waals surface area (Å²) in [6.45, 7) is 0. The van der Waals surface area contributed by atoms with Crippen LogP contribution in [-0.2, 0) is 14.6 Å². The molecule has 1 fully saturated rings. The average molecular weight is 367 g/mol. The summed E-state index contributed by atoms with van der Waals surface area (Å²) >= 11 is 5.79. The van der Waals surface area contributed by atoms with Crippen molar-refractivity contribution in [1.82, 2.24) is 0 Å². The second kappa shape index (κ2) is 6.11. The molecule has 0 saturated heterocycles. The van der Waals surface area contributed by atoms with Gasteiger partial charge < -0.3 is 9.84 Å². The topological polar surface area (TPSA) is 80.7 Å². The summed E-state index contributed by atoms with van der Waals surface area (Å²) < 4.78 is 30.7. The fourth-order valence-electron chi connectivity index (χ4n) is 2.97. The zero-order valence-corrected chi connectivity index (χ0v) is 14.3. The molecule has 1 N–H and O–H groups in total. The highest BCUT2D eigenvalue weighted by Gasteiger charge is 2.63. The van der Waals surface area contributed by atoms with E-state index >= 15 is 0 Å². The summed E-state index contributed by atoms with van der Waals surface area (Å²) in [7, 11) is -2.23. The molecule has 2 aromatic rings. The molecule has 7 heteroatoms. The molecule has 1 aliphatic rings. The Bertz CT molecular complexity index is 859. The molecule has 0 bridgehead atoms. The van der Waals surface area contributed by atoms with Gasteiger partial charge in [0, 0.05) is 10.9 Å². The van der Waals surface area contributed by atoms with E-state index in [-0.39, 0.29) is 4.90 Å². The van der Waals surface area contributed by atoms with Crippen LogP contribution in [0.15, 0.2) is 53.4 Å². The third kappa shape index (κ3) is 2.87. The van der Waals surface area contributed by atoms with Crippen LogP contribution in [0.2, 0.25) is 5.02 Å². The molecule has 126 valence electrons. The highest BCUT2D eigenvalue weighted by Crippen LogP contribution is 2.54. The van der Waals surface area contributed by atoms with E-state index in [0.29, 0.717) is 16.3 Å². The molecular weight excluding hydrogens is 352 g/mol. The molecule has 0 aromatic heterocycles. The number of aliphatic carboxylic acids is 1. The highest BCUT2D eigenvalue weighted by atomic mass is 35.5. The maximum atomic E-state index is 12.8. The minimum atomic E-state index is -3.76. The molecule has 0 amide bonds. The lowest BCUT2D eigenvalue weighted by Gasteiger charge is -2.05. The van der Waals surface area contributed by atoms with Crippen LogP contribution in [0.5, 0.6) is 5.75 Å². The van der Waals surface area contributed by atoms with E-state index in [4.69, 9.17) is 16.3 Å². The van der Waals surface area contributed by atoms with Crippen molar-refractivity contribution in [1.29, 1.82) is 0 Å². The van der Waals surface area contributed by atoms with E-state index in [1.165, 1.54) is 31.4 Å². The number of hydrogen-bond acceptors (Lipinski definition) is 4. The number of benzene rings is 2. The van der Waals surface area contributed by atoms with Crippen LogP contribution in [-0.4, -0.2) is 31.9 Å². The molecule has 0 heterocycles. The van der Waals surface area contributed by atoms with Gasteiger partial charge in [-0.15, -0.1) is 0 Å². The smallest absolute Gasteiger partial charge is 0.308 e. The van der Waals surface area contributed by atoms with Gasteiger partial charge in [-0.1, -0.05) is 23.7 Å². The van der Waals surface area contributed by atoms with Crippen LogP contribution < -0.4 is 4.74 Å². The largest absolute Gasteiger partial charge is 0.497 e. The summed E-state index contributed by atoms with van der Waals surface area (Å²) in [4.78, 5) is 11.6. The molecule has 0 aliphatic heterocycles. The molecule has 0 radical (unpaired) electrons. The number of ether oxygens (including phenoxy) is 1. The summed E-state index contributed by atoms with van der Waals surface area (Å²) in [5.41, 5.74) is 0.672. The van der Waals surface area contributed by atoms with E-state index in [1.807, 2.05) is 0 Å². The van der Waals surface area contributed by atoms with Crippen LogP contribution in [0.1, 0.15) is 11.5 Å². The first-order chi connectivity index (χ1) is 11.4. The fourth-order valence-corrected chi connectivity index (χ4v) is 5.22. The molecule has 1 saturated carbocycles. The lowest BCUT2D eigenvalue weighted by molar-refractivity contribution is -0.138. The SMILES string of the molecule is COc1ccc([C@H]2[C@H](C(=O)O)[C@@H]2S(=O)(=O)c2ccc(Cl)cc2)cc1. The Morgan fingerprint density at radius 2 is 1.67 bits per heavy atom. The second-order valence-corrected chi connectivity index (χ2v) is 8.17. The quantitative estimate of drug-likeness (QED) is 0.879. The first kappa shape index (κ1) is 16.8. The highest BCUT2D eigenvalue weighted by molar-refractivity contribution is 7.92. The fraction of sp³-hybridized carbons (Fsp3) is 0.235. The Balaban J connectivity index is 1.96. The number of sulfone groups is 1. The maximum Gasteiger partial charge on any atom is 0.308 e. The third-order valence-electron chi connectivity index (χ3n) is 4.24. The van der Waals surface area contributed by atoms with E-state index < -0.39 is 32.9 Å². The second-order valence-electron chi connectivity index (χ2n) is 5.63. The van der Waals surface area contributed by atoms with Gasteiger partial charge in [-0.05, 0) is 42.0 Å². The van der Waals surface area contributed by atoms with Crippen LogP contribution in [0.25, 0.3) is 0 Å². The van der Waals surface area contributed by atoms with Crippen LogP contribution in [0.3, 0.4) is 0 Å². The van der Waals surface area contributed by atoms with E-state index in [9.17, 15) is 18.3 Å². The predicted molar refractivity (Wildman–Crippen MR) is 89.3 cm³/mol. The predicted octanol–water partition coefficient (Wildman–Crippen LogP) is 2.99. The Morgan fingerprint density at radius 3 is 2.17 bits per heavy atom. The minimum Gasteiger partial charge on any atom is -0.497 e. The lowest BCUT2D eigenvalue weighted by Crippen LogP contribution is -2.13. The van der Waals surface area contributed by atoms with E-state index in [2.05, 4.69) is 0 Å². The third-order valence-corrected chi connectivity index (χ3v) is 6.72. The van der Waals surface area contributed by atoms with Crippen molar-refractivity contribution in [3.05, 3.63) is 59.1 Å². The maximum absolute atomic E-state index is 12.8. The van der Waals surface area contributed by atoms with E-state index in [0.717, 1.165) is 0 Å². The monoisotopic (exact) mass is 366 g/mol. The van der Waals surface area contributed by atoms with Gasteiger partial charge in [-0.3, -0.25) is 4.79 Å². The molecule has 1 aliphatic carbocycles. The van der Waals surface area contributed by atoms with Crippen molar-refractivity contribution >= 4 is 27.4 Å². The van der Waals surface area contributed by atoms with Crippen molar-refractivity contribution < 1.29 is 23.1 Å². The number of hydrogen-bond donors (Lipinski definition) is 1. The number of methoxy groups -OCH3 is 1. The van der Waals surface area contributed by atoms with Crippen molar-refractivity contribution in [3.63, 3.8) is 0 Å². The first-order valence-corrected chi connectivity index (χ1v) is 9.15. The molecule has 24 heavy (non-hydrogen) atoms. The van der Waals surface area contributed by atoms with Gasteiger partial charge in [-0.25, -0.2) is 8.42 Å². The van der Waals surface area contributed by atoms with Crippen molar-refractivity contribution in [3.8, 4) is 5.75 Å². The molecule has 0 unspecified atom stereocenters. The zero-order chi connectivity index (χ0) is 17.5. The molecule has 5 nitrogen and oxygen atoms in total. The van der Waals surface area contributed by atoms with Crippen molar-refractivity contribution in [2.45, 2.75) is 16.1 Å². The number of carboxylic acids is 1. The summed E-state index contributed by atoms with van der Waals surface area (Å²) in [5, 5.41) is 8.84. The van der Waals surface area contributed by atoms with Crippen LogP contribution >= 0.6 is 11.6 Å². The Morgan fingerprint density at radius 1 is 1.08 bits per heavy atom. The number of carbonyl (C=O) groups is 1. The van der Waals surface area contributed by atoms with Gasteiger partial charge in [0.2, 0.25) is 0 Å². The van der Waals surface area contributed by atoms with Crippen molar-refractivity contribution in [2.75, 3.05) is 7.11 Å². The minimum absolute atomic E-state index is 0.0826. The van der Waals surface area contributed by atoms with E-state index in [1.54, 1.807) is 24.3 Å². The van der Waals surface area contributed by atoms with Gasteiger partial charge in [0.05, 0.1) is 23.2 Å². The van der Waals surface area contributed by atoms with Crippen molar-refractivity contribution in [2.24, 2.45) is 5.92 Å². The lowest BCUT2D eigenvalue weighted by atomic mass is 10.1. The molecule has 2 aromatic carbocycles. The molecule has 3 atom stereocenters. The van der Waals surface area contributed by atoms with Crippen LogP contribution in [0.4, 0.5) is 0 Å². The van der Waals surface area contributed by atoms with Gasteiger partial charge in [-0.2, -0.15) is 0 Å².